The van der Waals surface area contributed by atoms with Crippen molar-refractivity contribution >= 4 is 35.9 Å². The molecule has 0 atom stereocenters. The second-order valence-electron chi connectivity index (χ2n) is 6.94. The largest absolute Gasteiger partial charge is 0.450 e. The van der Waals surface area contributed by atoms with Gasteiger partial charge in [-0.05, 0) is 38.2 Å². The van der Waals surface area contributed by atoms with E-state index in [2.05, 4.69) is 16.0 Å². The molecular formula is C19H21ClF3N3O4. The summed E-state index contributed by atoms with van der Waals surface area (Å²) in [6.07, 6.45) is -3.65. The number of benzene rings is 1. The molecule has 0 aliphatic carbocycles. The topological polar surface area (TPSA) is 96.5 Å². The van der Waals surface area contributed by atoms with Crippen LogP contribution in [-0.4, -0.2) is 43.0 Å². The van der Waals surface area contributed by atoms with E-state index in [0.29, 0.717) is 25.9 Å². The van der Waals surface area contributed by atoms with Crippen LogP contribution in [0.4, 0.5) is 18.9 Å². The number of carbonyl (C=O) groups is 3. The summed E-state index contributed by atoms with van der Waals surface area (Å²) in [5.41, 5.74) is -1.54. The van der Waals surface area contributed by atoms with Crippen LogP contribution in [0.5, 0.6) is 0 Å². The first-order valence-corrected chi connectivity index (χ1v) is 9.03. The molecule has 1 fully saturated rings. The molecule has 11 heteroatoms. The van der Waals surface area contributed by atoms with Crippen LogP contribution in [-0.2, 0) is 25.3 Å². The predicted octanol–water partition coefficient (Wildman–Crippen LogP) is 2.18. The van der Waals surface area contributed by atoms with Gasteiger partial charge in [0, 0.05) is 24.1 Å². The van der Waals surface area contributed by atoms with E-state index in [1.165, 1.54) is 19.1 Å². The molecule has 0 saturated carbocycles. The van der Waals surface area contributed by atoms with E-state index in [0.717, 1.165) is 12.1 Å². The monoisotopic (exact) mass is 447 g/mol. The van der Waals surface area contributed by atoms with Gasteiger partial charge in [0.2, 0.25) is 5.91 Å². The summed E-state index contributed by atoms with van der Waals surface area (Å²) >= 11 is 0. The Morgan fingerprint density at radius 3 is 2.53 bits per heavy atom. The van der Waals surface area contributed by atoms with Crippen LogP contribution < -0.4 is 16.0 Å². The zero-order valence-electron chi connectivity index (χ0n) is 16.0. The highest BCUT2D eigenvalue weighted by Gasteiger charge is 2.49. The number of anilines is 1. The molecule has 1 spiro atoms. The molecule has 1 aromatic rings. The van der Waals surface area contributed by atoms with Gasteiger partial charge in [0.05, 0.1) is 17.7 Å². The van der Waals surface area contributed by atoms with Crippen LogP contribution in [0.2, 0.25) is 0 Å². The molecule has 164 valence electrons. The fourth-order valence-electron chi connectivity index (χ4n) is 3.54. The van der Waals surface area contributed by atoms with Gasteiger partial charge in [0.1, 0.15) is 5.60 Å². The highest BCUT2D eigenvalue weighted by molar-refractivity contribution is 6.08. The van der Waals surface area contributed by atoms with E-state index in [9.17, 15) is 27.6 Å². The van der Waals surface area contributed by atoms with Crippen molar-refractivity contribution in [1.29, 1.82) is 0 Å². The number of hydrogen-bond acceptors (Lipinski definition) is 5. The SMILES string of the molecule is CC1=C(C(=O)NCC(=O)Nc2cccc(C(F)(F)F)c2)C2(CCNCC2)OC1=O.Cl. The Bertz CT molecular complexity index is 880. The Morgan fingerprint density at radius 2 is 1.90 bits per heavy atom. The van der Waals surface area contributed by atoms with Gasteiger partial charge in [0.15, 0.2) is 0 Å². The fourth-order valence-corrected chi connectivity index (χ4v) is 3.54. The number of ether oxygens (including phenoxy) is 1. The maximum atomic E-state index is 12.8. The number of piperidine rings is 1. The third-order valence-electron chi connectivity index (χ3n) is 4.95. The maximum Gasteiger partial charge on any atom is 0.416 e. The number of halogens is 4. The Kier molecular flexibility index (Phi) is 7.14. The lowest BCUT2D eigenvalue weighted by atomic mass is 9.83. The van der Waals surface area contributed by atoms with E-state index in [-0.39, 0.29) is 29.2 Å². The van der Waals surface area contributed by atoms with Crippen molar-refractivity contribution in [3.05, 3.63) is 41.0 Å². The zero-order valence-corrected chi connectivity index (χ0v) is 16.8. The second kappa shape index (κ2) is 9.05. The van der Waals surface area contributed by atoms with Crippen molar-refractivity contribution in [3.8, 4) is 0 Å². The fraction of sp³-hybridized carbons (Fsp3) is 0.421. The van der Waals surface area contributed by atoms with Gasteiger partial charge in [0.25, 0.3) is 5.91 Å². The van der Waals surface area contributed by atoms with Crippen molar-refractivity contribution in [2.75, 3.05) is 25.0 Å². The molecule has 0 unspecified atom stereocenters. The van der Waals surface area contributed by atoms with Crippen LogP contribution in [0.3, 0.4) is 0 Å². The molecule has 1 aromatic carbocycles. The summed E-state index contributed by atoms with van der Waals surface area (Å²) < 4.78 is 43.7. The lowest BCUT2D eigenvalue weighted by Crippen LogP contribution is -2.48. The minimum atomic E-state index is -4.53. The van der Waals surface area contributed by atoms with Crippen molar-refractivity contribution in [3.63, 3.8) is 0 Å². The average Bonchev–Trinajstić information content (AvgIpc) is 2.89. The summed E-state index contributed by atoms with van der Waals surface area (Å²) in [5.74, 6) is -1.86. The molecule has 2 aliphatic rings. The van der Waals surface area contributed by atoms with Gasteiger partial charge in [-0.3, -0.25) is 9.59 Å². The molecular weight excluding hydrogens is 427 g/mol. The standard InChI is InChI=1S/C19H20F3N3O4.ClH/c1-11-15(18(29-17(11)28)5-7-23-8-6-18)16(27)24-10-14(26)25-13-4-2-3-12(9-13)19(20,21)22;/h2-4,9,23H,5-8,10H2,1H3,(H,24,27)(H,25,26);1H. The first kappa shape index (κ1) is 23.7. The van der Waals surface area contributed by atoms with Gasteiger partial charge >= 0.3 is 12.1 Å². The number of hydrogen-bond donors (Lipinski definition) is 3. The highest BCUT2D eigenvalue weighted by atomic mass is 35.5. The maximum absolute atomic E-state index is 12.8. The minimum absolute atomic E-state index is 0. The van der Waals surface area contributed by atoms with Crippen LogP contribution in [0.15, 0.2) is 35.4 Å². The Balaban J connectivity index is 0.00000320. The highest BCUT2D eigenvalue weighted by Crippen LogP contribution is 2.39. The van der Waals surface area contributed by atoms with Crippen LogP contribution in [0, 0.1) is 0 Å². The van der Waals surface area contributed by atoms with Gasteiger partial charge in [-0.25, -0.2) is 4.79 Å². The van der Waals surface area contributed by atoms with Gasteiger partial charge in [-0.1, -0.05) is 6.07 Å². The predicted molar refractivity (Wildman–Crippen MR) is 104 cm³/mol. The normalized spacial score (nSPS) is 17.9. The number of nitrogens with one attached hydrogen (secondary N) is 3. The first-order chi connectivity index (χ1) is 13.6. The zero-order chi connectivity index (χ0) is 21.2. The van der Waals surface area contributed by atoms with Crippen LogP contribution in [0.1, 0.15) is 25.3 Å². The Morgan fingerprint density at radius 1 is 1.23 bits per heavy atom. The molecule has 0 aromatic heterocycles. The Hall–Kier alpha value is -2.59. The molecule has 7 nitrogen and oxygen atoms in total. The van der Waals surface area contributed by atoms with E-state index in [4.69, 9.17) is 4.74 Å². The summed E-state index contributed by atoms with van der Waals surface area (Å²) in [5, 5.41) is 7.87. The number of esters is 1. The number of amides is 2. The molecule has 1 saturated heterocycles. The van der Waals surface area contributed by atoms with Crippen molar-refractivity contribution in [2.24, 2.45) is 0 Å². The number of alkyl halides is 3. The number of rotatable bonds is 4. The van der Waals surface area contributed by atoms with E-state index in [1.54, 1.807) is 0 Å². The van der Waals surface area contributed by atoms with E-state index in [1.807, 2.05) is 0 Å². The van der Waals surface area contributed by atoms with Crippen molar-refractivity contribution in [1.82, 2.24) is 10.6 Å². The van der Waals surface area contributed by atoms with Gasteiger partial charge < -0.3 is 20.7 Å². The van der Waals surface area contributed by atoms with Crippen molar-refractivity contribution in [2.45, 2.75) is 31.5 Å². The average molecular weight is 448 g/mol. The van der Waals surface area contributed by atoms with Crippen LogP contribution in [0.25, 0.3) is 0 Å². The van der Waals surface area contributed by atoms with Crippen LogP contribution >= 0.6 is 12.4 Å². The summed E-state index contributed by atoms with van der Waals surface area (Å²) in [6, 6.07) is 4.19. The summed E-state index contributed by atoms with van der Waals surface area (Å²) in [6.45, 7) is 2.19. The summed E-state index contributed by atoms with van der Waals surface area (Å²) in [4.78, 5) is 36.7. The summed E-state index contributed by atoms with van der Waals surface area (Å²) in [7, 11) is 0. The van der Waals surface area contributed by atoms with E-state index < -0.39 is 41.7 Å². The van der Waals surface area contributed by atoms with Crippen molar-refractivity contribution < 1.29 is 32.3 Å². The Labute approximate surface area is 176 Å². The molecule has 0 radical (unpaired) electrons. The molecule has 0 bridgehead atoms. The second-order valence-corrected chi connectivity index (χ2v) is 6.94. The van der Waals surface area contributed by atoms with Gasteiger partial charge in [-0.15, -0.1) is 12.4 Å². The smallest absolute Gasteiger partial charge is 0.416 e. The number of carbonyl (C=O) groups excluding carboxylic acids is 3. The van der Waals surface area contributed by atoms with Gasteiger partial charge in [-0.2, -0.15) is 13.2 Å². The molecule has 2 aliphatic heterocycles. The minimum Gasteiger partial charge on any atom is -0.450 e. The third kappa shape index (κ3) is 4.93. The van der Waals surface area contributed by atoms with E-state index >= 15 is 0 Å². The molecule has 3 rings (SSSR count). The first-order valence-electron chi connectivity index (χ1n) is 9.03. The quantitative estimate of drug-likeness (QED) is 0.615. The molecule has 30 heavy (non-hydrogen) atoms. The lowest BCUT2D eigenvalue weighted by Gasteiger charge is -2.34. The molecule has 2 heterocycles. The molecule has 2 amide bonds. The lowest BCUT2D eigenvalue weighted by molar-refractivity contribution is -0.149. The third-order valence-corrected chi connectivity index (χ3v) is 4.95. The molecule has 3 N–H and O–H groups in total.